The fourth-order valence-electron chi connectivity index (χ4n) is 5.49. The Morgan fingerprint density at radius 3 is 2.50 bits per heavy atom. The van der Waals surface area contributed by atoms with Gasteiger partial charge in [-0.3, -0.25) is 19.8 Å². The number of carbonyl (C=O) groups excluding carboxylic acids is 2. The number of hydrogen-bond acceptors (Lipinski definition) is 4. The molecule has 8 heteroatoms. The Balaban J connectivity index is 1.48. The fraction of sp³-hybridized carbons (Fsp3) is 0.500. The molecule has 0 aromatic heterocycles. The van der Waals surface area contributed by atoms with Crippen LogP contribution in [-0.4, -0.2) is 46.3 Å². The van der Waals surface area contributed by atoms with Gasteiger partial charge in [0.15, 0.2) is 0 Å². The molecule has 0 spiro atoms. The zero-order valence-corrected chi connectivity index (χ0v) is 15.6. The second-order valence-electron chi connectivity index (χ2n) is 8.33. The minimum atomic E-state index is -0.574. The van der Waals surface area contributed by atoms with E-state index in [2.05, 4.69) is 5.32 Å². The standard InChI is InChI=1S/C20H22N4O4/c1-22-16-10-23(15-9-11-2-3-13(15)8-11)19(25)17(16)18(21-20(22)26)12-4-6-14(7-5-12)24(27)28/h4-7,11,13,15,18H,2-3,8-10H2,1H3,(H,21,26). The topological polar surface area (TPSA) is 95.8 Å². The first-order valence-electron chi connectivity index (χ1n) is 9.76. The predicted octanol–water partition coefficient (Wildman–Crippen LogP) is 2.58. The summed E-state index contributed by atoms with van der Waals surface area (Å²) in [5, 5.41) is 13.8. The first-order chi connectivity index (χ1) is 13.4. The minimum Gasteiger partial charge on any atom is -0.330 e. The van der Waals surface area contributed by atoms with E-state index in [4.69, 9.17) is 0 Å². The SMILES string of the molecule is CN1C(=O)NC(c2ccc([N+](=O)[O-])cc2)C2=C1CN(C1CC3CCC1C3)C2=O. The second kappa shape index (κ2) is 6.05. The number of hydrogen-bond donors (Lipinski definition) is 1. The summed E-state index contributed by atoms with van der Waals surface area (Å²) in [6.45, 7) is 0.468. The molecule has 2 aliphatic carbocycles. The van der Waals surface area contributed by atoms with Gasteiger partial charge in [-0.15, -0.1) is 0 Å². The van der Waals surface area contributed by atoms with Crippen molar-refractivity contribution in [1.29, 1.82) is 0 Å². The molecule has 4 unspecified atom stereocenters. The monoisotopic (exact) mass is 382 g/mol. The molecular formula is C20H22N4O4. The lowest BCUT2D eigenvalue weighted by atomic mass is 9.93. The van der Waals surface area contributed by atoms with E-state index in [1.807, 2.05) is 4.90 Å². The van der Waals surface area contributed by atoms with Gasteiger partial charge in [0.1, 0.15) is 0 Å². The van der Waals surface area contributed by atoms with E-state index in [1.54, 1.807) is 19.2 Å². The third-order valence-corrected chi connectivity index (χ3v) is 6.93. The first kappa shape index (κ1) is 17.2. The summed E-state index contributed by atoms with van der Waals surface area (Å²) in [6.07, 6.45) is 4.71. The molecular weight excluding hydrogens is 360 g/mol. The quantitative estimate of drug-likeness (QED) is 0.642. The van der Waals surface area contributed by atoms with Gasteiger partial charge in [0.25, 0.3) is 11.6 Å². The Bertz CT molecular complexity index is 909. The van der Waals surface area contributed by atoms with Crippen LogP contribution in [-0.2, 0) is 4.79 Å². The number of benzene rings is 1. The molecule has 2 bridgehead atoms. The van der Waals surface area contributed by atoms with Crippen molar-refractivity contribution in [2.75, 3.05) is 13.6 Å². The van der Waals surface area contributed by atoms with E-state index in [0.717, 1.165) is 18.0 Å². The van der Waals surface area contributed by atoms with Crippen molar-refractivity contribution in [2.45, 2.75) is 37.8 Å². The molecule has 4 atom stereocenters. The van der Waals surface area contributed by atoms with E-state index in [9.17, 15) is 19.7 Å². The molecule has 146 valence electrons. The van der Waals surface area contributed by atoms with Crippen LogP contribution in [0.25, 0.3) is 0 Å². The number of urea groups is 1. The lowest BCUT2D eigenvalue weighted by Gasteiger charge is -2.32. The van der Waals surface area contributed by atoms with Crippen molar-refractivity contribution in [3.8, 4) is 0 Å². The van der Waals surface area contributed by atoms with Gasteiger partial charge in [-0.05, 0) is 48.8 Å². The zero-order chi connectivity index (χ0) is 19.6. The number of carbonyl (C=O) groups is 2. The highest BCUT2D eigenvalue weighted by atomic mass is 16.6. The van der Waals surface area contributed by atoms with Gasteiger partial charge in [-0.1, -0.05) is 6.42 Å². The van der Waals surface area contributed by atoms with Crippen molar-refractivity contribution in [2.24, 2.45) is 11.8 Å². The number of likely N-dealkylation sites (N-methyl/N-ethyl adjacent to an activating group) is 1. The Kier molecular flexibility index (Phi) is 3.72. The molecule has 0 radical (unpaired) electrons. The maximum atomic E-state index is 13.4. The summed E-state index contributed by atoms with van der Waals surface area (Å²) in [7, 11) is 1.69. The van der Waals surface area contributed by atoms with Gasteiger partial charge in [-0.25, -0.2) is 4.79 Å². The Morgan fingerprint density at radius 1 is 1.14 bits per heavy atom. The van der Waals surface area contributed by atoms with Crippen LogP contribution in [0, 0.1) is 22.0 Å². The van der Waals surface area contributed by atoms with Crippen molar-refractivity contribution in [3.63, 3.8) is 0 Å². The molecule has 28 heavy (non-hydrogen) atoms. The zero-order valence-electron chi connectivity index (χ0n) is 15.6. The second-order valence-corrected chi connectivity index (χ2v) is 8.33. The van der Waals surface area contributed by atoms with Crippen LogP contribution in [0.5, 0.6) is 0 Å². The predicted molar refractivity (Wildman–Crippen MR) is 100 cm³/mol. The average molecular weight is 382 g/mol. The molecule has 2 heterocycles. The Hall–Kier alpha value is -2.90. The molecule has 1 N–H and O–H groups in total. The first-order valence-corrected chi connectivity index (χ1v) is 9.76. The summed E-state index contributed by atoms with van der Waals surface area (Å²) in [5.41, 5.74) is 2.01. The number of nitrogens with zero attached hydrogens (tertiary/aromatic N) is 3. The number of non-ortho nitro benzene ring substituents is 1. The molecule has 0 saturated heterocycles. The van der Waals surface area contributed by atoms with Crippen LogP contribution in [0.1, 0.15) is 37.3 Å². The van der Waals surface area contributed by atoms with Gasteiger partial charge in [0.05, 0.1) is 28.8 Å². The van der Waals surface area contributed by atoms with E-state index < -0.39 is 11.0 Å². The summed E-state index contributed by atoms with van der Waals surface area (Å²) >= 11 is 0. The van der Waals surface area contributed by atoms with Crippen LogP contribution in [0.4, 0.5) is 10.5 Å². The highest BCUT2D eigenvalue weighted by Crippen LogP contribution is 2.49. The van der Waals surface area contributed by atoms with Crippen LogP contribution >= 0.6 is 0 Å². The number of amides is 3. The van der Waals surface area contributed by atoms with Crippen LogP contribution in [0.2, 0.25) is 0 Å². The van der Waals surface area contributed by atoms with Gasteiger partial charge in [-0.2, -0.15) is 0 Å². The molecule has 5 rings (SSSR count). The highest BCUT2D eigenvalue weighted by Gasteiger charge is 2.50. The average Bonchev–Trinajstić information content (AvgIpc) is 3.39. The van der Waals surface area contributed by atoms with Crippen molar-refractivity contribution >= 4 is 17.6 Å². The summed E-state index contributed by atoms with van der Waals surface area (Å²) < 4.78 is 0. The number of nitrogens with one attached hydrogen (secondary N) is 1. The van der Waals surface area contributed by atoms with Gasteiger partial charge in [0, 0.05) is 25.2 Å². The van der Waals surface area contributed by atoms with Gasteiger partial charge in [0.2, 0.25) is 0 Å². The highest BCUT2D eigenvalue weighted by molar-refractivity contribution is 6.01. The summed E-state index contributed by atoms with van der Waals surface area (Å²) in [5.74, 6) is 1.29. The molecule has 2 fully saturated rings. The number of fused-ring (bicyclic) bond motifs is 2. The molecule has 2 saturated carbocycles. The summed E-state index contributed by atoms with van der Waals surface area (Å²) in [6, 6.07) is 5.48. The normalized spacial score (nSPS) is 31.5. The lowest BCUT2D eigenvalue weighted by Crippen LogP contribution is -2.45. The van der Waals surface area contributed by atoms with E-state index in [1.165, 1.54) is 36.3 Å². The van der Waals surface area contributed by atoms with Crippen molar-refractivity contribution in [1.82, 2.24) is 15.1 Å². The van der Waals surface area contributed by atoms with E-state index >= 15 is 0 Å². The van der Waals surface area contributed by atoms with Crippen molar-refractivity contribution < 1.29 is 14.5 Å². The maximum absolute atomic E-state index is 13.4. The number of rotatable bonds is 3. The fourth-order valence-corrected chi connectivity index (χ4v) is 5.49. The molecule has 4 aliphatic rings. The minimum absolute atomic E-state index is 0.0113. The Labute approximate surface area is 162 Å². The number of nitro groups is 1. The molecule has 1 aromatic carbocycles. The third-order valence-electron chi connectivity index (χ3n) is 6.93. The van der Waals surface area contributed by atoms with Gasteiger partial charge >= 0.3 is 6.03 Å². The molecule has 3 amide bonds. The summed E-state index contributed by atoms with van der Waals surface area (Å²) in [4.78, 5) is 39.9. The molecule has 2 aliphatic heterocycles. The Morgan fingerprint density at radius 2 is 1.89 bits per heavy atom. The van der Waals surface area contributed by atoms with E-state index in [-0.39, 0.29) is 23.7 Å². The van der Waals surface area contributed by atoms with Crippen LogP contribution in [0.3, 0.4) is 0 Å². The lowest BCUT2D eigenvalue weighted by molar-refractivity contribution is -0.384. The van der Waals surface area contributed by atoms with Gasteiger partial charge < -0.3 is 10.2 Å². The van der Waals surface area contributed by atoms with E-state index in [0.29, 0.717) is 23.6 Å². The maximum Gasteiger partial charge on any atom is 0.322 e. The largest absolute Gasteiger partial charge is 0.330 e. The van der Waals surface area contributed by atoms with Crippen LogP contribution in [0.15, 0.2) is 35.5 Å². The third kappa shape index (κ3) is 2.43. The molecule has 8 nitrogen and oxygen atoms in total. The van der Waals surface area contributed by atoms with Crippen LogP contribution < -0.4 is 5.32 Å². The smallest absolute Gasteiger partial charge is 0.322 e. The van der Waals surface area contributed by atoms with Crippen molar-refractivity contribution in [3.05, 3.63) is 51.2 Å². The number of nitro benzene ring substituents is 1. The molecule has 1 aromatic rings.